The zero-order valence-electron chi connectivity index (χ0n) is 13.4. The average molecular weight is 275 g/mol. The van der Waals surface area contributed by atoms with Crippen molar-refractivity contribution in [2.45, 2.75) is 52.5 Å². The van der Waals surface area contributed by atoms with Crippen molar-refractivity contribution >= 4 is 6.08 Å². The molecule has 1 N–H and O–H groups in total. The summed E-state index contributed by atoms with van der Waals surface area (Å²) < 4.78 is 5.70. The predicted octanol–water partition coefficient (Wildman–Crippen LogP) is 4.66. The van der Waals surface area contributed by atoms with E-state index in [-0.39, 0.29) is 5.54 Å². The van der Waals surface area contributed by atoms with E-state index in [1.807, 2.05) is 12.1 Å². The number of unbranched alkanes of at least 4 members (excludes halogenated alkanes) is 2. The van der Waals surface area contributed by atoms with Crippen molar-refractivity contribution in [1.29, 1.82) is 0 Å². The van der Waals surface area contributed by atoms with Crippen molar-refractivity contribution in [2.24, 2.45) is 0 Å². The molecule has 0 aromatic heterocycles. The zero-order valence-corrected chi connectivity index (χ0v) is 13.4. The lowest BCUT2D eigenvalue weighted by Gasteiger charge is -2.18. The van der Waals surface area contributed by atoms with Gasteiger partial charge >= 0.3 is 0 Å². The molecular formula is C18H29NO. The Balaban J connectivity index is 2.33. The van der Waals surface area contributed by atoms with Crippen LogP contribution in [0.5, 0.6) is 5.75 Å². The maximum atomic E-state index is 5.70. The number of hydrogen-bond acceptors (Lipinski definition) is 2. The van der Waals surface area contributed by atoms with Gasteiger partial charge in [0.15, 0.2) is 0 Å². The molecule has 0 saturated heterocycles. The quantitative estimate of drug-likeness (QED) is 0.697. The lowest BCUT2D eigenvalue weighted by molar-refractivity contribution is 0.306. The Bertz CT molecular complexity index is 387. The van der Waals surface area contributed by atoms with Crippen molar-refractivity contribution in [3.05, 3.63) is 35.9 Å². The molecule has 112 valence electrons. The van der Waals surface area contributed by atoms with Gasteiger partial charge in [-0.1, -0.05) is 44.1 Å². The van der Waals surface area contributed by atoms with Crippen molar-refractivity contribution in [3.63, 3.8) is 0 Å². The highest BCUT2D eigenvalue weighted by molar-refractivity contribution is 5.50. The molecule has 0 aliphatic carbocycles. The molecule has 0 saturated carbocycles. The SMILES string of the molecule is CCCCCOc1ccc(C=CCNC(C)(C)C)cc1. The number of rotatable bonds is 8. The minimum absolute atomic E-state index is 0.167. The Morgan fingerprint density at radius 2 is 1.80 bits per heavy atom. The van der Waals surface area contributed by atoms with Gasteiger partial charge in [0.2, 0.25) is 0 Å². The molecule has 0 fully saturated rings. The van der Waals surface area contributed by atoms with E-state index < -0.39 is 0 Å². The average Bonchev–Trinajstić information content (AvgIpc) is 2.40. The van der Waals surface area contributed by atoms with Crippen LogP contribution in [0.2, 0.25) is 0 Å². The van der Waals surface area contributed by atoms with Gasteiger partial charge in [-0.3, -0.25) is 0 Å². The Morgan fingerprint density at radius 3 is 2.40 bits per heavy atom. The minimum Gasteiger partial charge on any atom is -0.494 e. The number of benzene rings is 1. The van der Waals surface area contributed by atoms with Crippen LogP contribution in [0.3, 0.4) is 0 Å². The maximum absolute atomic E-state index is 5.70. The van der Waals surface area contributed by atoms with Crippen LogP contribution in [0.15, 0.2) is 30.3 Å². The van der Waals surface area contributed by atoms with E-state index in [2.05, 4.69) is 57.3 Å². The molecular weight excluding hydrogens is 246 g/mol. The molecule has 0 heterocycles. The Hall–Kier alpha value is -1.28. The fourth-order valence-corrected chi connectivity index (χ4v) is 1.78. The monoisotopic (exact) mass is 275 g/mol. The second kappa shape index (κ2) is 8.80. The van der Waals surface area contributed by atoms with Crippen molar-refractivity contribution < 1.29 is 4.74 Å². The fourth-order valence-electron chi connectivity index (χ4n) is 1.78. The van der Waals surface area contributed by atoms with E-state index in [4.69, 9.17) is 4.74 Å². The van der Waals surface area contributed by atoms with Crippen LogP contribution in [0.1, 0.15) is 52.5 Å². The highest BCUT2D eigenvalue weighted by Crippen LogP contribution is 2.13. The normalized spacial score (nSPS) is 12.0. The summed E-state index contributed by atoms with van der Waals surface area (Å²) in [5, 5.41) is 3.43. The first-order valence-corrected chi connectivity index (χ1v) is 7.66. The molecule has 1 rings (SSSR count). The Kier molecular flexibility index (Phi) is 7.38. The van der Waals surface area contributed by atoms with Gasteiger partial charge in [0.25, 0.3) is 0 Å². The Morgan fingerprint density at radius 1 is 1.10 bits per heavy atom. The fraction of sp³-hybridized carbons (Fsp3) is 0.556. The van der Waals surface area contributed by atoms with E-state index in [0.717, 1.165) is 25.3 Å². The van der Waals surface area contributed by atoms with Gasteiger partial charge in [0.1, 0.15) is 5.75 Å². The van der Waals surface area contributed by atoms with E-state index in [1.165, 1.54) is 18.4 Å². The molecule has 1 aromatic carbocycles. The standard InChI is InChI=1S/C18H29NO/c1-5-6-7-15-20-17-12-10-16(11-13-17)9-8-14-19-18(2,3)4/h8-13,19H,5-7,14-15H2,1-4H3. The van der Waals surface area contributed by atoms with Gasteiger partial charge in [-0.15, -0.1) is 0 Å². The summed E-state index contributed by atoms with van der Waals surface area (Å²) in [6.07, 6.45) is 7.90. The van der Waals surface area contributed by atoms with Crippen LogP contribution >= 0.6 is 0 Å². The molecule has 0 aliphatic rings. The molecule has 0 aliphatic heterocycles. The van der Waals surface area contributed by atoms with Gasteiger partial charge in [-0.2, -0.15) is 0 Å². The first-order valence-electron chi connectivity index (χ1n) is 7.66. The summed E-state index contributed by atoms with van der Waals surface area (Å²) in [4.78, 5) is 0. The first kappa shape index (κ1) is 16.8. The molecule has 2 heteroatoms. The largest absolute Gasteiger partial charge is 0.494 e. The molecule has 0 spiro atoms. The second-order valence-corrected chi connectivity index (χ2v) is 6.16. The highest BCUT2D eigenvalue weighted by Gasteiger charge is 2.05. The molecule has 1 aromatic rings. The minimum atomic E-state index is 0.167. The van der Waals surface area contributed by atoms with E-state index in [9.17, 15) is 0 Å². The van der Waals surface area contributed by atoms with Crippen molar-refractivity contribution in [2.75, 3.05) is 13.2 Å². The smallest absolute Gasteiger partial charge is 0.119 e. The molecule has 0 bridgehead atoms. The second-order valence-electron chi connectivity index (χ2n) is 6.16. The third-order valence-corrected chi connectivity index (χ3v) is 2.96. The molecule has 20 heavy (non-hydrogen) atoms. The highest BCUT2D eigenvalue weighted by atomic mass is 16.5. The summed E-state index contributed by atoms with van der Waals surface area (Å²) in [6, 6.07) is 8.29. The first-order chi connectivity index (χ1) is 9.51. The topological polar surface area (TPSA) is 21.3 Å². The zero-order chi connectivity index (χ0) is 14.8. The van der Waals surface area contributed by atoms with Crippen LogP contribution < -0.4 is 10.1 Å². The summed E-state index contributed by atoms with van der Waals surface area (Å²) in [6.45, 7) is 10.4. The number of ether oxygens (including phenoxy) is 1. The van der Waals surface area contributed by atoms with Crippen LogP contribution in [0.4, 0.5) is 0 Å². The van der Waals surface area contributed by atoms with E-state index >= 15 is 0 Å². The summed E-state index contributed by atoms with van der Waals surface area (Å²) in [5.41, 5.74) is 1.38. The summed E-state index contributed by atoms with van der Waals surface area (Å²) in [5.74, 6) is 0.964. The maximum Gasteiger partial charge on any atom is 0.119 e. The van der Waals surface area contributed by atoms with Crippen molar-refractivity contribution in [3.8, 4) is 5.75 Å². The molecule has 0 amide bonds. The third kappa shape index (κ3) is 8.00. The molecule has 0 radical (unpaired) electrons. The molecule has 0 unspecified atom stereocenters. The van der Waals surface area contributed by atoms with Gasteiger partial charge < -0.3 is 10.1 Å². The van der Waals surface area contributed by atoms with Crippen LogP contribution in [-0.4, -0.2) is 18.7 Å². The lowest BCUT2D eigenvalue weighted by atomic mass is 10.1. The third-order valence-electron chi connectivity index (χ3n) is 2.96. The molecule has 2 nitrogen and oxygen atoms in total. The van der Waals surface area contributed by atoms with Crippen LogP contribution in [0.25, 0.3) is 6.08 Å². The molecule has 0 atom stereocenters. The van der Waals surface area contributed by atoms with Gasteiger partial charge in [0, 0.05) is 12.1 Å². The summed E-state index contributed by atoms with van der Waals surface area (Å²) >= 11 is 0. The summed E-state index contributed by atoms with van der Waals surface area (Å²) in [7, 11) is 0. The van der Waals surface area contributed by atoms with Crippen LogP contribution in [-0.2, 0) is 0 Å². The van der Waals surface area contributed by atoms with Gasteiger partial charge in [0.05, 0.1) is 6.61 Å². The van der Waals surface area contributed by atoms with Crippen molar-refractivity contribution in [1.82, 2.24) is 5.32 Å². The lowest BCUT2D eigenvalue weighted by Crippen LogP contribution is -2.35. The number of nitrogens with one attached hydrogen (secondary N) is 1. The van der Waals surface area contributed by atoms with Gasteiger partial charge in [-0.05, 0) is 44.9 Å². The number of hydrogen-bond donors (Lipinski definition) is 1. The Labute approximate surface area is 124 Å². The van der Waals surface area contributed by atoms with E-state index in [0.29, 0.717) is 0 Å². The predicted molar refractivity (Wildman–Crippen MR) is 88.3 cm³/mol. The van der Waals surface area contributed by atoms with Crippen LogP contribution in [0, 0.1) is 0 Å². The van der Waals surface area contributed by atoms with Gasteiger partial charge in [-0.25, -0.2) is 0 Å². The van der Waals surface area contributed by atoms with E-state index in [1.54, 1.807) is 0 Å².